The van der Waals surface area contributed by atoms with Crippen LogP contribution in [0.15, 0.2) is 34.8 Å². The number of carbonyl (C=O) groups excluding carboxylic acids is 1. The van der Waals surface area contributed by atoms with Gasteiger partial charge in [-0.15, -0.1) is 0 Å². The first kappa shape index (κ1) is 16.2. The molecule has 0 radical (unpaired) electrons. The van der Waals surface area contributed by atoms with E-state index in [1.807, 2.05) is 0 Å². The van der Waals surface area contributed by atoms with Gasteiger partial charge in [-0.2, -0.15) is 0 Å². The van der Waals surface area contributed by atoms with Crippen LogP contribution in [0, 0.1) is 17.5 Å². The lowest BCUT2D eigenvalue weighted by Crippen LogP contribution is -2.44. The zero-order valence-electron chi connectivity index (χ0n) is 12.5. The van der Waals surface area contributed by atoms with Crippen molar-refractivity contribution in [2.24, 2.45) is 0 Å². The van der Waals surface area contributed by atoms with Crippen molar-refractivity contribution < 1.29 is 18.0 Å². The summed E-state index contributed by atoms with van der Waals surface area (Å²) in [6, 6.07) is 6.66. The van der Waals surface area contributed by atoms with Crippen LogP contribution in [0.5, 0.6) is 0 Å². The van der Waals surface area contributed by atoms with Gasteiger partial charge in [-0.25, -0.2) is 13.2 Å². The van der Waals surface area contributed by atoms with Crippen molar-refractivity contribution in [3.63, 3.8) is 0 Å². The van der Waals surface area contributed by atoms with Gasteiger partial charge in [0, 0.05) is 15.4 Å². The van der Waals surface area contributed by atoms with E-state index < -0.39 is 28.7 Å². The average molecular weight is 380 g/mol. The highest BCUT2D eigenvalue weighted by molar-refractivity contribution is 9.10. The molecular weight excluding hydrogens is 369 g/mol. The van der Waals surface area contributed by atoms with E-state index in [0.717, 1.165) is 12.1 Å². The van der Waals surface area contributed by atoms with Crippen molar-refractivity contribution in [3.8, 4) is 0 Å². The molecule has 0 spiro atoms. The van der Waals surface area contributed by atoms with Gasteiger partial charge in [-0.3, -0.25) is 4.79 Å². The second-order valence-electron chi connectivity index (χ2n) is 5.96. The molecule has 1 aliphatic rings. The van der Waals surface area contributed by atoms with Crippen LogP contribution in [0.25, 0.3) is 0 Å². The number of nitrogens with zero attached hydrogens (tertiary/aromatic N) is 1. The van der Waals surface area contributed by atoms with Gasteiger partial charge in [0.25, 0.3) is 5.91 Å². The van der Waals surface area contributed by atoms with Crippen molar-refractivity contribution >= 4 is 37.5 Å². The molecular formula is C15H11B2BrF3NO. The van der Waals surface area contributed by atoms with Crippen LogP contribution < -0.4 is 0 Å². The smallest absolute Gasteiger partial charge is 0.256 e. The van der Waals surface area contributed by atoms with E-state index in [2.05, 4.69) is 15.9 Å². The SMILES string of the molecule is BC1(B)c2cccc(F)c2C(=O)N1Cc1c(F)cc(Br)cc1F. The molecule has 3 rings (SSSR count). The van der Waals surface area contributed by atoms with Crippen molar-refractivity contribution in [1.29, 1.82) is 0 Å². The molecule has 23 heavy (non-hydrogen) atoms. The standard InChI is InChI=1S/C15H11B2BrF3NO/c16-15(17)9-2-1-3-10(19)13(9)14(23)22(15)6-8-11(20)4-7(18)5-12(8)21/h1-5H,6,16-17H2. The topological polar surface area (TPSA) is 20.3 Å². The predicted octanol–water partition coefficient (Wildman–Crippen LogP) is 1.90. The summed E-state index contributed by atoms with van der Waals surface area (Å²) in [4.78, 5) is 13.8. The van der Waals surface area contributed by atoms with E-state index >= 15 is 0 Å². The monoisotopic (exact) mass is 379 g/mol. The van der Waals surface area contributed by atoms with E-state index in [4.69, 9.17) is 0 Å². The highest BCUT2D eigenvalue weighted by Crippen LogP contribution is 2.37. The maximum atomic E-state index is 14.1. The minimum Gasteiger partial charge on any atom is -0.340 e. The molecule has 1 aliphatic heterocycles. The van der Waals surface area contributed by atoms with Crippen molar-refractivity contribution in [2.75, 3.05) is 0 Å². The van der Waals surface area contributed by atoms with E-state index in [-0.39, 0.29) is 22.1 Å². The molecule has 0 aromatic heterocycles. The third-order valence-corrected chi connectivity index (χ3v) is 4.69. The van der Waals surface area contributed by atoms with E-state index in [9.17, 15) is 18.0 Å². The number of halogens is 4. The summed E-state index contributed by atoms with van der Waals surface area (Å²) in [5.74, 6) is -2.70. The van der Waals surface area contributed by atoms with Crippen LogP contribution in [-0.4, -0.2) is 26.5 Å². The van der Waals surface area contributed by atoms with Crippen molar-refractivity contribution in [1.82, 2.24) is 4.90 Å². The number of carbonyl (C=O) groups is 1. The molecule has 8 heteroatoms. The summed E-state index contributed by atoms with van der Waals surface area (Å²) in [7, 11) is 3.45. The minimum atomic E-state index is -0.861. The first-order chi connectivity index (χ1) is 10.7. The number of hydrogen-bond donors (Lipinski definition) is 0. The van der Waals surface area contributed by atoms with Crippen LogP contribution in [0.3, 0.4) is 0 Å². The Bertz CT molecular complexity index is 805. The molecule has 0 saturated carbocycles. The molecule has 0 fully saturated rings. The fourth-order valence-electron chi connectivity index (χ4n) is 2.94. The summed E-state index contributed by atoms with van der Waals surface area (Å²) >= 11 is 3.02. The Morgan fingerprint density at radius 2 is 1.70 bits per heavy atom. The number of fused-ring (bicyclic) bond motifs is 1. The second kappa shape index (κ2) is 5.44. The predicted molar refractivity (Wildman–Crippen MR) is 89.1 cm³/mol. The molecule has 1 amide bonds. The Morgan fingerprint density at radius 1 is 1.09 bits per heavy atom. The maximum Gasteiger partial charge on any atom is 0.256 e. The number of benzene rings is 2. The number of amides is 1. The second-order valence-corrected chi connectivity index (χ2v) is 6.88. The van der Waals surface area contributed by atoms with Crippen LogP contribution in [-0.2, 0) is 11.9 Å². The zero-order chi connectivity index (χ0) is 16.9. The van der Waals surface area contributed by atoms with Gasteiger partial charge in [0.2, 0.25) is 0 Å². The number of rotatable bonds is 2. The van der Waals surface area contributed by atoms with Crippen LogP contribution in [0.2, 0.25) is 0 Å². The highest BCUT2D eigenvalue weighted by atomic mass is 79.9. The molecule has 116 valence electrons. The van der Waals surface area contributed by atoms with Gasteiger partial charge in [-0.1, -0.05) is 28.1 Å². The Balaban J connectivity index is 2.06. The van der Waals surface area contributed by atoms with E-state index in [0.29, 0.717) is 5.56 Å². The van der Waals surface area contributed by atoms with Crippen molar-refractivity contribution in [3.05, 3.63) is 68.9 Å². The van der Waals surface area contributed by atoms with Gasteiger partial charge < -0.3 is 4.90 Å². The Labute approximate surface area is 141 Å². The lowest BCUT2D eigenvalue weighted by Gasteiger charge is -2.33. The largest absolute Gasteiger partial charge is 0.340 e. The third kappa shape index (κ3) is 2.49. The zero-order valence-corrected chi connectivity index (χ0v) is 14.0. The van der Waals surface area contributed by atoms with Crippen LogP contribution in [0.4, 0.5) is 13.2 Å². The first-order valence-corrected chi connectivity index (χ1v) is 7.77. The molecule has 0 N–H and O–H groups in total. The summed E-state index contributed by atoms with van der Waals surface area (Å²) < 4.78 is 42.4. The van der Waals surface area contributed by atoms with Gasteiger partial charge in [0.15, 0.2) is 0 Å². The first-order valence-electron chi connectivity index (χ1n) is 6.98. The summed E-state index contributed by atoms with van der Waals surface area (Å²) in [5, 5.41) is -0.861. The number of hydrogen-bond acceptors (Lipinski definition) is 1. The quantitative estimate of drug-likeness (QED) is 0.730. The lowest BCUT2D eigenvalue weighted by atomic mass is 9.58. The van der Waals surface area contributed by atoms with Gasteiger partial charge >= 0.3 is 0 Å². The Hall–Kier alpha value is -1.69. The highest BCUT2D eigenvalue weighted by Gasteiger charge is 2.44. The summed E-state index contributed by atoms with van der Waals surface area (Å²) in [6.45, 7) is -0.273. The molecule has 2 aromatic rings. The third-order valence-electron chi connectivity index (χ3n) is 4.23. The average Bonchev–Trinajstić information content (AvgIpc) is 2.63. The fourth-order valence-corrected chi connectivity index (χ4v) is 3.34. The lowest BCUT2D eigenvalue weighted by molar-refractivity contribution is 0.0725. The molecule has 0 atom stereocenters. The molecule has 0 saturated heterocycles. The molecule has 0 unspecified atom stereocenters. The van der Waals surface area contributed by atoms with E-state index in [1.54, 1.807) is 21.8 Å². The van der Waals surface area contributed by atoms with E-state index in [1.165, 1.54) is 17.0 Å². The molecule has 2 nitrogen and oxygen atoms in total. The summed E-state index contributed by atoms with van der Waals surface area (Å²) in [5.41, 5.74) is 0.263. The van der Waals surface area contributed by atoms with Crippen molar-refractivity contribution in [2.45, 2.75) is 11.9 Å². The molecule has 2 aromatic carbocycles. The van der Waals surface area contributed by atoms with Crippen LogP contribution in [0.1, 0.15) is 21.5 Å². The Kier molecular flexibility index (Phi) is 3.83. The van der Waals surface area contributed by atoms with Gasteiger partial charge in [-0.05, 0) is 23.8 Å². The fraction of sp³-hybridized carbons (Fsp3) is 0.133. The van der Waals surface area contributed by atoms with Gasteiger partial charge in [0.05, 0.1) is 12.1 Å². The molecule has 1 heterocycles. The summed E-state index contributed by atoms with van der Waals surface area (Å²) in [6.07, 6.45) is 0. The maximum absolute atomic E-state index is 14.1. The normalized spacial score (nSPS) is 15.8. The van der Waals surface area contributed by atoms with Crippen LogP contribution >= 0.6 is 15.9 Å². The Morgan fingerprint density at radius 3 is 2.26 bits per heavy atom. The molecule has 0 aliphatic carbocycles. The van der Waals surface area contributed by atoms with Gasteiger partial charge in [0.1, 0.15) is 33.1 Å². The molecule has 0 bridgehead atoms. The minimum absolute atomic E-state index is 0.0320.